The van der Waals surface area contributed by atoms with Crippen LogP contribution in [0.25, 0.3) is 0 Å². The molecule has 5 heteroatoms. The van der Waals surface area contributed by atoms with Crippen LogP contribution in [0.4, 0.5) is 4.39 Å². The molecule has 0 bridgehead atoms. The van der Waals surface area contributed by atoms with Crippen molar-refractivity contribution in [3.05, 3.63) is 59.4 Å². The smallest absolute Gasteiger partial charge is 0.221 e. The maximum absolute atomic E-state index is 13.3. The van der Waals surface area contributed by atoms with E-state index in [2.05, 4.69) is 5.32 Å². The second-order valence-electron chi connectivity index (χ2n) is 6.14. The van der Waals surface area contributed by atoms with Crippen molar-refractivity contribution in [1.29, 1.82) is 0 Å². The number of amides is 1. The molecule has 0 fully saturated rings. The Kier molecular flexibility index (Phi) is 6.39. The minimum Gasteiger partial charge on any atom is -0.493 e. The van der Waals surface area contributed by atoms with Gasteiger partial charge in [-0.25, -0.2) is 4.39 Å². The number of halogens is 1. The number of methoxy groups -OCH3 is 2. The zero-order valence-corrected chi connectivity index (χ0v) is 15.0. The summed E-state index contributed by atoms with van der Waals surface area (Å²) >= 11 is 0. The van der Waals surface area contributed by atoms with Crippen LogP contribution in [-0.2, 0) is 4.79 Å². The molecule has 1 N–H and O–H groups in total. The van der Waals surface area contributed by atoms with E-state index < -0.39 is 0 Å². The van der Waals surface area contributed by atoms with E-state index in [1.807, 2.05) is 32.0 Å². The number of rotatable bonds is 7. The predicted molar refractivity (Wildman–Crippen MR) is 95.7 cm³/mol. The first-order chi connectivity index (χ1) is 11.9. The topological polar surface area (TPSA) is 47.6 Å². The first-order valence-electron chi connectivity index (χ1n) is 8.21. The van der Waals surface area contributed by atoms with Crippen LogP contribution in [0, 0.1) is 5.82 Å². The summed E-state index contributed by atoms with van der Waals surface area (Å²) in [6.45, 7) is 3.84. The Morgan fingerprint density at radius 2 is 1.60 bits per heavy atom. The lowest BCUT2D eigenvalue weighted by Gasteiger charge is -2.20. The summed E-state index contributed by atoms with van der Waals surface area (Å²) in [6, 6.07) is 11.9. The Labute approximate surface area is 148 Å². The third-order valence-corrected chi connectivity index (χ3v) is 3.92. The first kappa shape index (κ1) is 18.8. The summed E-state index contributed by atoms with van der Waals surface area (Å²) in [4.78, 5) is 12.3. The number of benzene rings is 2. The Morgan fingerprint density at radius 3 is 2.16 bits per heavy atom. The van der Waals surface area contributed by atoms with Crippen molar-refractivity contribution in [3.8, 4) is 11.5 Å². The molecule has 0 heterocycles. The van der Waals surface area contributed by atoms with Crippen molar-refractivity contribution in [2.24, 2.45) is 0 Å². The predicted octanol–water partition coefficient (Wildman–Crippen LogP) is 3.89. The molecule has 0 saturated heterocycles. The highest BCUT2D eigenvalue weighted by atomic mass is 19.1. The van der Waals surface area contributed by atoms with Gasteiger partial charge in [-0.15, -0.1) is 0 Å². The summed E-state index contributed by atoms with van der Waals surface area (Å²) in [5, 5.41) is 2.91. The molecule has 2 aromatic carbocycles. The molecule has 0 spiro atoms. The van der Waals surface area contributed by atoms with Gasteiger partial charge in [-0.1, -0.05) is 18.2 Å². The van der Waals surface area contributed by atoms with Crippen molar-refractivity contribution in [3.63, 3.8) is 0 Å². The number of carbonyl (C=O) groups is 1. The fraction of sp³-hybridized carbons (Fsp3) is 0.350. The molecule has 0 saturated carbocycles. The molecule has 0 aliphatic heterocycles. The minimum absolute atomic E-state index is 0.0564. The van der Waals surface area contributed by atoms with Crippen LogP contribution in [0.2, 0.25) is 0 Å². The van der Waals surface area contributed by atoms with E-state index in [1.165, 1.54) is 12.1 Å². The number of carbonyl (C=O) groups excluding carboxylic acids is 1. The normalized spacial score (nSPS) is 11.9. The summed E-state index contributed by atoms with van der Waals surface area (Å²) < 4.78 is 23.9. The zero-order chi connectivity index (χ0) is 18.4. The van der Waals surface area contributed by atoms with E-state index in [4.69, 9.17) is 9.47 Å². The molecule has 1 atom stereocenters. The molecule has 0 aromatic heterocycles. The second-order valence-corrected chi connectivity index (χ2v) is 6.14. The highest BCUT2D eigenvalue weighted by Gasteiger charge is 2.20. The number of hydrogen-bond acceptors (Lipinski definition) is 3. The SMILES string of the molecule is COc1ccc(C(CC(=O)NC(C)C)c2ccc(F)cc2)cc1OC. The van der Waals surface area contributed by atoms with E-state index in [0.29, 0.717) is 11.5 Å². The molecular formula is C20H24FNO3. The lowest BCUT2D eigenvalue weighted by molar-refractivity contribution is -0.121. The lowest BCUT2D eigenvalue weighted by Crippen LogP contribution is -2.31. The van der Waals surface area contributed by atoms with Gasteiger partial charge in [0.2, 0.25) is 5.91 Å². The average molecular weight is 345 g/mol. The Balaban J connectivity index is 2.40. The van der Waals surface area contributed by atoms with E-state index in [-0.39, 0.29) is 30.1 Å². The highest BCUT2D eigenvalue weighted by molar-refractivity contribution is 5.77. The summed E-state index contributed by atoms with van der Waals surface area (Å²) in [7, 11) is 3.14. The first-order valence-corrected chi connectivity index (χ1v) is 8.21. The molecule has 2 rings (SSSR count). The van der Waals surface area contributed by atoms with Gasteiger partial charge in [-0.3, -0.25) is 4.79 Å². The molecule has 134 valence electrons. The molecule has 2 aromatic rings. The third kappa shape index (κ3) is 4.95. The van der Waals surface area contributed by atoms with Crippen LogP contribution in [0.1, 0.15) is 37.3 Å². The molecule has 0 aliphatic carbocycles. The fourth-order valence-electron chi connectivity index (χ4n) is 2.76. The molecule has 1 amide bonds. The van der Waals surface area contributed by atoms with Gasteiger partial charge in [0.15, 0.2) is 11.5 Å². The maximum Gasteiger partial charge on any atom is 0.221 e. The Bertz CT molecular complexity index is 713. The third-order valence-electron chi connectivity index (χ3n) is 3.92. The molecule has 1 unspecified atom stereocenters. The largest absolute Gasteiger partial charge is 0.493 e. The summed E-state index contributed by atoms with van der Waals surface area (Å²) in [5.74, 6) is 0.645. The van der Waals surface area contributed by atoms with Crippen LogP contribution in [0.15, 0.2) is 42.5 Å². The van der Waals surface area contributed by atoms with Crippen molar-refractivity contribution in [2.75, 3.05) is 14.2 Å². The van der Waals surface area contributed by atoms with Gasteiger partial charge in [0, 0.05) is 18.4 Å². The van der Waals surface area contributed by atoms with Crippen LogP contribution < -0.4 is 14.8 Å². The zero-order valence-electron chi connectivity index (χ0n) is 15.0. The molecule has 4 nitrogen and oxygen atoms in total. The maximum atomic E-state index is 13.3. The highest BCUT2D eigenvalue weighted by Crippen LogP contribution is 2.35. The molecule has 0 radical (unpaired) electrons. The van der Waals surface area contributed by atoms with Crippen molar-refractivity contribution < 1.29 is 18.7 Å². The monoisotopic (exact) mass is 345 g/mol. The average Bonchev–Trinajstić information content (AvgIpc) is 2.59. The van der Waals surface area contributed by atoms with E-state index >= 15 is 0 Å². The van der Waals surface area contributed by atoms with Crippen LogP contribution in [0.3, 0.4) is 0 Å². The van der Waals surface area contributed by atoms with Gasteiger partial charge in [-0.05, 0) is 49.2 Å². The van der Waals surface area contributed by atoms with Gasteiger partial charge in [0.1, 0.15) is 5.82 Å². The Hall–Kier alpha value is -2.56. The number of nitrogens with one attached hydrogen (secondary N) is 1. The van der Waals surface area contributed by atoms with E-state index in [1.54, 1.807) is 26.4 Å². The molecule has 25 heavy (non-hydrogen) atoms. The van der Waals surface area contributed by atoms with E-state index in [9.17, 15) is 9.18 Å². The summed E-state index contributed by atoms with van der Waals surface area (Å²) in [5.41, 5.74) is 1.77. The van der Waals surface area contributed by atoms with E-state index in [0.717, 1.165) is 11.1 Å². The Morgan fingerprint density at radius 1 is 1.00 bits per heavy atom. The standard InChI is InChI=1S/C20H24FNO3/c1-13(2)22-20(23)12-17(14-5-8-16(21)9-6-14)15-7-10-18(24-3)19(11-15)25-4/h5-11,13,17H,12H2,1-4H3,(H,22,23). The van der Waals surface area contributed by atoms with Crippen LogP contribution in [-0.4, -0.2) is 26.2 Å². The minimum atomic E-state index is -0.304. The van der Waals surface area contributed by atoms with Gasteiger partial charge in [0.25, 0.3) is 0 Å². The fourth-order valence-corrected chi connectivity index (χ4v) is 2.76. The number of hydrogen-bond donors (Lipinski definition) is 1. The van der Waals surface area contributed by atoms with Gasteiger partial charge < -0.3 is 14.8 Å². The second kappa shape index (κ2) is 8.51. The van der Waals surface area contributed by atoms with Crippen molar-refractivity contribution in [2.45, 2.75) is 32.2 Å². The van der Waals surface area contributed by atoms with Crippen LogP contribution in [0.5, 0.6) is 11.5 Å². The quantitative estimate of drug-likeness (QED) is 0.828. The van der Waals surface area contributed by atoms with Crippen molar-refractivity contribution >= 4 is 5.91 Å². The van der Waals surface area contributed by atoms with Gasteiger partial charge in [-0.2, -0.15) is 0 Å². The number of ether oxygens (including phenoxy) is 2. The summed E-state index contributed by atoms with van der Waals surface area (Å²) in [6.07, 6.45) is 0.263. The van der Waals surface area contributed by atoms with Gasteiger partial charge >= 0.3 is 0 Å². The lowest BCUT2D eigenvalue weighted by atomic mass is 9.88. The van der Waals surface area contributed by atoms with Gasteiger partial charge in [0.05, 0.1) is 14.2 Å². The molecule has 0 aliphatic rings. The van der Waals surface area contributed by atoms with Crippen LogP contribution >= 0.6 is 0 Å². The molecular weight excluding hydrogens is 321 g/mol. The van der Waals surface area contributed by atoms with Crippen molar-refractivity contribution in [1.82, 2.24) is 5.32 Å².